The Morgan fingerprint density at radius 2 is 2.15 bits per heavy atom. The SMILES string of the molecule is CC(C)(C)CC(=O)N1CCC[C@H]1N. The summed E-state index contributed by atoms with van der Waals surface area (Å²) in [5.74, 6) is 0.206. The highest BCUT2D eigenvalue weighted by molar-refractivity contribution is 5.77. The summed E-state index contributed by atoms with van der Waals surface area (Å²) < 4.78 is 0. The first-order chi connectivity index (χ1) is 5.90. The van der Waals surface area contributed by atoms with Gasteiger partial charge >= 0.3 is 0 Å². The fourth-order valence-electron chi connectivity index (χ4n) is 1.66. The minimum atomic E-state index is -0.0325. The van der Waals surface area contributed by atoms with Gasteiger partial charge < -0.3 is 10.6 Å². The van der Waals surface area contributed by atoms with Crippen molar-refractivity contribution in [2.75, 3.05) is 6.54 Å². The second-order valence-corrected chi connectivity index (χ2v) is 5.03. The number of rotatable bonds is 1. The predicted octanol–water partition coefficient (Wildman–Crippen LogP) is 1.33. The largest absolute Gasteiger partial charge is 0.327 e. The summed E-state index contributed by atoms with van der Waals surface area (Å²) in [6, 6.07) is 0. The molecule has 0 spiro atoms. The second kappa shape index (κ2) is 3.66. The fraction of sp³-hybridized carbons (Fsp3) is 0.900. The number of carbonyl (C=O) groups excluding carboxylic acids is 1. The third kappa shape index (κ3) is 2.99. The minimum absolute atomic E-state index is 0.0325. The zero-order valence-electron chi connectivity index (χ0n) is 8.84. The molecule has 1 fully saturated rings. The van der Waals surface area contributed by atoms with E-state index in [0.717, 1.165) is 19.4 Å². The van der Waals surface area contributed by atoms with Gasteiger partial charge in [0.1, 0.15) is 0 Å². The van der Waals surface area contributed by atoms with Crippen LogP contribution in [0.5, 0.6) is 0 Å². The lowest BCUT2D eigenvalue weighted by Crippen LogP contribution is -2.42. The van der Waals surface area contributed by atoms with E-state index < -0.39 is 0 Å². The number of nitrogens with two attached hydrogens (primary N) is 1. The van der Waals surface area contributed by atoms with E-state index in [9.17, 15) is 4.79 Å². The molecule has 1 heterocycles. The summed E-state index contributed by atoms with van der Waals surface area (Å²) >= 11 is 0. The Bertz CT molecular complexity index is 196. The lowest BCUT2D eigenvalue weighted by Gasteiger charge is -2.25. The Kier molecular flexibility index (Phi) is 2.96. The minimum Gasteiger partial charge on any atom is -0.327 e. The quantitative estimate of drug-likeness (QED) is 0.668. The number of amides is 1. The van der Waals surface area contributed by atoms with Gasteiger partial charge in [-0.3, -0.25) is 4.79 Å². The van der Waals surface area contributed by atoms with Crippen LogP contribution in [0.3, 0.4) is 0 Å². The molecule has 0 aromatic rings. The number of likely N-dealkylation sites (tertiary alicyclic amines) is 1. The van der Waals surface area contributed by atoms with Gasteiger partial charge in [0.15, 0.2) is 0 Å². The summed E-state index contributed by atoms with van der Waals surface area (Å²) in [7, 11) is 0. The Morgan fingerprint density at radius 3 is 2.54 bits per heavy atom. The Balaban J connectivity index is 2.48. The van der Waals surface area contributed by atoms with Gasteiger partial charge in [0.2, 0.25) is 5.91 Å². The first-order valence-corrected chi connectivity index (χ1v) is 4.95. The molecule has 3 heteroatoms. The molecule has 76 valence electrons. The molecule has 2 N–H and O–H groups in total. The van der Waals surface area contributed by atoms with Crippen LogP contribution in [0.15, 0.2) is 0 Å². The van der Waals surface area contributed by atoms with Crippen LogP contribution in [0.25, 0.3) is 0 Å². The Labute approximate surface area is 80.3 Å². The summed E-state index contributed by atoms with van der Waals surface area (Å²) in [6.45, 7) is 7.07. The Hall–Kier alpha value is -0.570. The fourth-order valence-corrected chi connectivity index (χ4v) is 1.66. The van der Waals surface area contributed by atoms with E-state index in [1.807, 2.05) is 4.90 Å². The van der Waals surface area contributed by atoms with Crippen molar-refractivity contribution in [2.24, 2.45) is 11.1 Å². The number of hydrogen-bond donors (Lipinski definition) is 1. The zero-order chi connectivity index (χ0) is 10.1. The van der Waals surface area contributed by atoms with Gasteiger partial charge in [-0.25, -0.2) is 0 Å². The topological polar surface area (TPSA) is 46.3 Å². The molecule has 0 bridgehead atoms. The maximum absolute atomic E-state index is 11.7. The molecule has 1 aliphatic heterocycles. The molecule has 0 saturated carbocycles. The van der Waals surface area contributed by atoms with Crippen LogP contribution < -0.4 is 5.73 Å². The van der Waals surface area contributed by atoms with Crippen molar-refractivity contribution < 1.29 is 4.79 Å². The van der Waals surface area contributed by atoms with Crippen molar-refractivity contribution in [2.45, 2.75) is 46.2 Å². The smallest absolute Gasteiger partial charge is 0.224 e. The van der Waals surface area contributed by atoms with Crippen LogP contribution in [0, 0.1) is 5.41 Å². The van der Waals surface area contributed by atoms with Gasteiger partial charge in [-0.1, -0.05) is 20.8 Å². The Morgan fingerprint density at radius 1 is 1.54 bits per heavy atom. The monoisotopic (exact) mass is 184 g/mol. The molecular formula is C10H20N2O. The molecule has 13 heavy (non-hydrogen) atoms. The highest BCUT2D eigenvalue weighted by Crippen LogP contribution is 2.22. The zero-order valence-corrected chi connectivity index (χ0v) is 8.84. The highest BCUT2D eigenvalue weighted by atomic mass is 16.2. The lowest BCUT2D eigenvalue weighted by molar-refractivity contribution is -0.133. The molecule has 0 aromatic heterocycles. The molecule has 0 radical (unpaired) electrons. The van der Waals surface area contributed by atoms with E-state index >= 15 is 0 Å². The van der Waals surface area contributed by atoms with Crippen molar-refractivity contribution in [3.8, 4) is 0 Å². The maximum atomic E-state index is 11.7. The highest BCUT2D eigenvalue weighted by Gasteiger charge is 2.28. The van der Waals surface area contributed by atoms with Crippen LogP contribution in [-0.4, -0.2) is 23.5 Å². The van der Waals surface area contributed by atoms with Crippen LogP contribution in [-0.2, 0) is 4.79 Å². The van der Waals surface area contributed by atoms with Crippen LogP contribution in [0.2, 0.25) is 0 Å². The molecular weight excluding hydrogens is 164 g/mol. The van der Waals surface area contributed by atoms with Crippen molar-refractivity contribution in [3.63, 3.8) is 0 Å². The van der Waals surface area contributed by atoms with Crippen molar-refractivity contribution in [1.29, 1.82) is 0 Å². The summed E-state index contributed by atoms with van der Waals surface area (Å²) in [6.07, 6.45) is 2.57. The average Bonchev–Trinajstić information content (AvgIpc) is 2.30. The van der Waals surface area contributed by atoms with E-state index in [1.54, 1.807) is 0 Å². The predicted molar refractivity (Wildman–Crippen MR) is 53.0 cm³/mol. The number of nitrogens with zero attached hydrogens (tertiary/aromatic N) is 1. The molecule has 0 unspecified atom stereocenters. The maximum Gasteiger partial charge on any atom is 0.224 e. The van der Waals surface area contributed by atoms with Gasteiger partial charge in [0, 0.05) is 13.0 Å². The molecule has 1 rings (SSSR count). The first-order valence-electron chi connectivity index (χ1n) is 4.95. The normalized spacial score (nSPS) is 23.7. The third-order valence-corrected chi connectivity index (χ3v) is 2.30. The van der Waals surface area contributed by atoms with E-state index in [0.29, 0.717) is 6.42 Å². The molecule has 1 atom stereocenters. The molecule has 0 aromatic carbocycles. The molecule has 1 amide bonds. The van der Waals surface area contributed by atoms with Crippen molar-refractivity contribution in [1.82, 2.24) is 4.90 Å². The van der Waals surface area contributed by atoms with Gasteiger partial charge in [0.25, 0.3) is 0 Å². The molecule has 1 aliphatic rings. The standard InChI is InChI=1S/C10H20N2O/c1-10(2,3)7-9(13)12-6-4-5-8(12)11/h8H,4-7,11H2,1-3H3/t8-/m0/s1. The summed E-state index contributed by atoms with van der Waals surface area (Å²) in [5.41, 5.74) is 5.87. The van der Waals surface area contributed by atoms with Gasteiger partial charge in [-0.15, -0.1) is 0 Å². The summed E-state index contributed by atoms with van der Waals surface area (Å²) in [5, 5.41) is 0. The molecule has 0 aliphatic carbocycles. The number of hydrogen-bond acceptors (Lipinski definition) is 2. The van der Waals surface area contributed by atoms with Crippen LogP contribution in [0.4, 0.5) is 0 Å². The van der Waals surface area contributed by atoms with E-state index in [1.165, 1.54) is 0 Å². The van der Waals surface area contributed by atoms with Crippen LogP contribution >= 0.6 is 0 Å². The second-order valence-electron chi connectivity index (χ2n) is 5.03. The van der Waals surface area contributed by atoms with Crippen LogP contribution in [0.1, 0.15) is 40.0 Å². The van der Waals surface area contributed by atoms with E-state index in [2.05, 4.69) is 20.8 Å². The van der Waals surface area contributed by atoms with Gasteiger partial charge in [-0.2, -0.15) is 0 Å². The summed E-state index contributed by atoms with van der Waals surface area (Å²) in [4.78, 5) is 13.5. The van der Waals surface area contributed by atoms with Crippen molar-refractivity contribution >= 4 is 5.91 Å². The van der Waals surface area contributed by atoms with E-state index in [-0.39, 0.29) is 17.5 Å². The van der Waals surface area contributed by atoms with E-state index in [4.69, 9.17) is 5.73 Å². The molecule has 1 saturated heterocycles. The lowest BCUT2D eigenvalue weighted by atomic mass is 9.91. The average molecular weight is 184 g/mol. The van der Waals surface area contributed by atoms with Crippen molar-refractivity contribution in [3.05, 3.63) is 0 Å². The number of carbonyl (C=O) groups is 1. The third-order valence-electron chi connectivity index (χ3n) is 2.30. The molecule has 3 nitrogen and oxygen atoms in total. The van der Waals surface area contributed by atoms with Gasteiger partial charge in [-0.05, 0) is 18.3 Å². The first kappa shape index (κ1) is 10.5. The van der Waals surface area contributed by atoms with Gasteiger partial charge in [0.05, 0.1) is 6.17 Å².